The van der Waals surface area contributed by atoms with Crippen molar-refractivity contribution in [3.05, 3.63) is 35.9 Å². The molecule has 3 aliphatic rings. The van der Waals surface area contributed by atoms with Crippen LogP contribution in [0.2, 0.25) is 0 Å². The van der Waals surface area contributed by atoms with Gasteiger partial charge in [-0.2, -0.15) is 0 Å². The predicted molar refractivity (Wildman–Crippen MR) is 114 cm³/mol. The van der Waals surface area contributed by atoms with Gasteiger partial charge in [-0.3, -0.25) is 19.4 Å². The van der Waals surface area contributed by atoms with Gasteiger partial charge in [-0.05, 0) is 50.5 Å². The largest absolute Gasteiger partial charge is 0.350 e. The summed E-state index contributed by atoms with van der Waals surface area (Å²) in [7, 11) is 0. The van der Waals surface area contributed by atoms with Gasteiger partial charge in [0, 0.05) is 25.2 Å². The van der Waals surface area contributed by atoms with Gasteiger partial charge in [0.2, 0.25) is 5.91 Å². The monoisotopic (exact) mass is 412 g/mol. The Morgan fingerprint density at radius 2 is 1.90 bits per heavy atom. The van der Waals surface area contributed by atoms with Crippen LogP contribution in [0, 0.1) is 5.92 Å². The summed E-state index contributed by atoms with van der Waals surface area (Å²) in [6.45, 7) is 5.82. The highest BCUT2D eigenvalue weighted by atomic mass is 16.2. The van der Waals surface area contributed by atoms with Gasteiger partial charge in [0.1, 0.15) is 12.1 Å². The molecule has 1 saturated carbocycles. The second-order valence-electron chi connectivity index (χ2n) is 9.22. The van der Waals surface area contributed by atoms with E-state index in [1.807, 2.05) is 18.2 Å². The highest BCUT2D eigenvalue weighted by Gasteiger charge is 2.52. The van der Waals surface area contributed by atoms with E-state index < -0.39 is 11.6 Å². The maximum absolute atomic E-state index is 12.9. The Kier molecular flexibility index (Phi) is 5.82. The summed E-state index contributed by atoms with van der Waals surface area (Å²) in [5.74, 6) is 0.0699. The number of carbonyl (C=O) groups excluding carboxylic acids is 3. The van der Waals surface area contributed by atoms with Crippen LogP contribution in [-0.4, -0.2) is 58.9 Å². The van der Waals surface area contributed by atoms with E-state index in [-0.39, 0.29) is 30.4 Å². The number of imide groups is 1. The molecule has 2 atom stereocenters. The van der Waals surface area contributed by atoms with Crippen LogP contribution in [0.1, 0.15) is 57.6 Å². The first-order valence-corrected chi connectivity index (χ1v) is 11.1. The van der Waals surface area contributed by atoms with Crippen molar-refractivity contribution in [3.8, 4) is 0 Å². The standard InChI is InChI=1S/C23H32N4O3/c1-16-8-11-23(12-9-16)21(29)27(22(30)25-23)15-20(28)24-19-10-13-26(14-19)17(2)18-6-4-3-5-7-18/h3-7,16-17,19H,8-15H2,1-2H3,(H,24,28)(H,25,30). The first kappa shape index (κ1) is 20.8. The number of carbonyl (C=O) groups is 3. The number of urea groups is 1. The molecule has 1 aromatic carbocycles. The Morgan fingerprint density at radius 1 is 1.20 bits per heavy atom. The van der Waals surface area contributed by atoms with Crippen molar-refractivity contribution in [3.63, 3.8) is 0 Å². The Bertz CT molecular complexity index is 804. The van der Waals surface area contributed by atoms with Crippen molar-refractivity contribution in [2.45, 2.75) is 63.6 Å². The van der Waals surface area contributed by atoms with Crippen molar-refractivity contribution >= 4 is 17.8 Å². The molecule has 30 heavy (non-hydrogen) atoms. The molecule has 0 bridgehead atoms. The zero-order chi connectivity index (χ0) is 21.3. The molecule has 1 aliphatic carbocycles. The molecule has 162 valence electrons. The Hall–Kier alpha value is -2.41. The zero-order valence-corrected chi connectivity index (χ0v) is 17.9. The second-order valence-corrected chi connectivity index (χ2v) is 9.22. The van der Waals surface area contributed by atoms with E-state index >= 15 is 0 Å². The van der Waals surface area contributed by atoms with Crippen LogP contribution in [0.25, 0.3) is 0 Å². The molecule has 1 aromatic rings. The maximum atomic E-state index is 12.9. The van der Waals surface area contributed by atoms with E-state index in [1.54, 1.807) is 0 Å². The van der Waals surface area contributed by atoms with Crippen LogP contribution in [0.3, 0.4) is 0 Å². The van der Waals surface area contributed by atoms with Crippen LogP contribution in [0.15, 0.2) is 30.3 Å². The van der Waals surface area contributed by atoms with Crippen molar-refractivity contribution < 1.29 is 14.4 Å². The van der Waals surface area contributed by atoms with Gasteiger partial charge in [-0.15, -0.1) is 0 Å². The molecule has 2 saturated heterocycles. The number of hydrogen-bond acceptors (Lipinski definition) is 4. The van der Waals surface area contributed by atoms with Gasteiger partial charge in [0.15, 0.2) is 0 Å². The van der Waals surface area contributed by atoms with E-state index in [0.29, 0.717) is 18.8 Å². The van der Waals surface area contributed by atoms with Gasteiger partial charge in [-0.25, -0.2) is 4.79 Å². The summed E-state index contributed by atoms with van der Waals surface area (Å²) in [6, 6.07) is 10.2. The molecule has 2 unspecified atom stereocenters. The summed E-state index contributed by atoms with van der Waals surface area (Å²) in [5.41, 5.74) is 0.468. The average molecular weight is 413 g/mol. The maximum Gasteiger partial charge on any atom is 0.325 e. The summed E-state index contributed by atoms with van der Waals surface area (Å²) in [6.07, 6.45) is 4.02. The summed E-state index contributed by atoms with van der Waals surface area (Å²) < 4.78 is 0. The van der Waals surface area contributed by atoms with Crippen molar-refractivity contribution in [2.24, 2.45) is 5.92 Å². The van der Waals surface area contributed by atoms with E-state index in [9.17, 15) is 14.4 Å². The van der Waals surface area contributed by atoms with Crippen LogP contribution >= 0.6 is 0 Å². The second kappa shape index (κ2) is 8.38. The molecule has 1 spiro atoms. The van der Waals surface area contributed by atoms with Crippen LogP contribution in [0.5, 0.6) is 0 Å². The fourth-order valence-electron chi connectivity index (χ4n) is 5.03. The molecule has 0 radical (unpaired) electrons. The van der Waals surface area contributed by atoms with Gasteiger partial charge >= 0.3 is 6.03 Å². The number of amides is 4. The fourth-order valence-corrected chi connectivity index (χ4v) is 5.03. The topological polar surface area (TPSA) is 81.8 Å². The minimum Gasteiger partial charge on any atom is -0.350 e. The molecule has 0 aromatic heterocycles. The smallest absolute Gasteiger partial charge is 0.325 e. The zero-order valence-electron chi connectivity index (χ0n) is 17.9. The van der Waals surface area contributed by atoms with Gasteiger partial charge in [0.05, 0.1) is 0 Å². The Balaban J connectivity index is 1.30. The molecule has 7 heteroatoms. The van der Waals surface area contributed by atoms with Crippen LogP contribution in [-0.2, 0) is 9.59 Å². The number of nitrogens with zero attached hydrogens (tertiary/aromatic N) is 2. The summed E-state index contributed by atoms with van der Waals surface area (Å²) in [4.78, 5) is 41.4. The molecular formula is C23H32N4O3. The van der Waals surface area contributed by atoms with Crippen molar-refractivity contribution in [2.75, 3.05) is 19.6 Å². The Morgan fingerprint density at radius 3 is 2.60 bits per heavy atom. The van der Waals surface area contributed by atoms with Crippen LogP contribution in [0.4, 0.5) is 4.79 Å². The normalized spacial score (nSPS) is 30.5. The van der Waals surface area contributed by atoms with Crippen molar-refractivity contribution in [1.82, 2.24) is 20.4 Å². The fraction of sp³-hybridized carbons (Fsp3) is 0.609. The minimum atomic E-state index is -0.793. The minimum absolute atomic E-state index is 0.0360. The molecule has 4 amide bonds. The van der Waals surface area contributed by atoms with E-state index in [2.05, 4.69) is 41.5 Å². The third-order valence-corrected chi connectivity index (χ3v) is 7.09. The van der Waals surface area contributed by atoms with Gasteiger partial charge < -0.3 is 10.6 Å². The number of benzene rings is 1. The highest BCUT2D eigenvalue weighted by Crippen LogP contribution is 2.36. The highest BCUT2D eigenvalue weighted by molar-refractivity contribution is 6.09. The number of likely N-dealkylation sites (tertiary alicyclic amines) is 1. The number of nitrogens with one attached hydrogen (secondary N) is 2. The van der Waals surface area contributed by atoms with Gasteiger partial charge in [-0.1, -0.05) is 37.3 Å². The van der Waals surface area contributed by atoms with E-state index in [0.717, 1.165) is 37.3 Å². The van der Waals surface area contributed by atoms with E-state index in [4.69, 9.17) is 0 Å². The molecule has 7 nitrogen and oxygen atoms in total. The predicted octanol–water partition coefficient (Wildman–Crippen LogP) is 2.44. The van der Waals surface area contributed by atoms with Gasteiger partial charge in [0.25, 0.3) is 5.91 Å². The lowest BCUT2D eigenvalue weighted by atomic mass is 9.77. The molecule has 2 aliphatic heterocycles. The van der Waals surface area contributed by atoms with Crippen LogP contribution < -0.4 is 10.6 Å². The quantitative estimate of drug-likeness (QED) is 0.728. The first-order chi connectivity index (χ1) is 14.4. The summed E-state index contributed by atoms with van der Waals surface area (Å²) >= 11 is 0. The third kappa shape index (κ3) is 4.08. The first-order valence-electron chi connectivity index (χ1n) is 11.1. The molecule has 4 rings (SSSR count). The van der Waals surface area contributed by atoms with Crippen molar-refractivity contribution in [1.29, 1.82) is 0 Å². The SMILES string of the molecule is CC1CCC2(CC1)NC(=O)N(CC(=O)NC1CCN(C(C)c3ccccc3)C1)C2=O. The molecule has 3 fully saturated rings. The number of rotatable bonds is 5. The Labute approximate surface area is 178 Å². The third-order valence-electron chi connectivity index (χ3n) is 7.09. The lowest BCUT2D eigenvalue weighted by molar-refractivity contribution is -0.136. The molecular weight excluding hydrogens is 380 g/mol. The lowest BCUT2D eigenvalue weighted by Gasteiger charge is -2.33. The van der Waals surface area contributed by atoms with E-state index in [1.165, 1.54) is 5.56 Å². The lowest BCUT2D eigenvalue weighted by Crippen LogP contribution is -2.50. The molecule has 2 heterocycles. The summed E-state index contributed by atoms with van der Waals surface area (Å²) in [5, 5.41) is 5.91. The molecule has 2 N–H and O–H groups in total. The number of hydrogen-bond donors (Lipinski definition) is 2. The average Bonchev–Trinajstić information content (AvgIpc) is 3.29.